The molecular formula is C12H21N3O2. The highest BCUT2D eigenvalue weighted by molar-refractivity contribution is 5.77. The summed E-state index contributed by atoms with van der Waals surface area (Å²) >= 11 is 0. The zero-order valence-corrected chi connectivity index (χ0v) is 11.1. The molecule has 0 aliphatic carbocycles. The van der Waals surface area contributed by atoms with Crippen LogP contribution in [0.3, 0.4) is 0 Å². The van der Waals surface area contributed by atoms with Crippen molar-refractivity contribution < 1.29 is 9.53 Å². The summed E-state index contributed by atoms with van der Waals surface area (Å²) in [6, 6.07) is 0.0232. The van der Waals surface area contributed by atoms with Gasteiger partial charge in [-0.1, -0.05) is 0 Å². The van der Waals surface area contributed by atoms with Crippen LogP contribution in [0.2, 0.25) is 0 Å². The van der Waals surface area contributed by atoms with Crippen LogP contribution in [0.4, 0.5) is 0 Å². The first-order valence-corrected chi connectivity index (χ1v) is 5.83. The van der Waals surface area contributed by atoms with Gasteiger partial charge in [-0.15, -0.1) is 0 Å². The van der Waals surface area contributed by atoms with Crippen molar-refractivity contribution in [3.05, 3.63) is 18.0 Å². The Hall–Kier alpha value is -1.36. The van der Waals surface area contributed by atoms with E-state index in [1.165, 1.54) is 7.11 Å². The highest BCUT2D eigenvalue weighted by atomic mass is 16.5. The lowest BCUT2D eigenvalue weighted by Gasteiger charge is -2.17. The predicted octanol–water partition coefficient (Wildman–Crippen LogP) is 1.68. The van der Waals surface area contributed by atoms with E-state index in [9.17, 15) is 4.79 Å². The lowest BCUT2D eigenvalue weighted by Crippen LogP contribution is -2.34. The molecule has 17 heavy (non-hydrogen) atoms. The fourth-order valence-corrected chi connectivity index (χ4v) is 1.54. The van der Waals surface area contributed by atoms with Gasteiger partial charge in [0.2, 0.25) is 0 Å². The maximum Gasteiger partial charge on any atom is 0.327 e. The Bertz CT molecular complexity index is 372. The predicted molar refractivity (Wildman–Crippen MR) is 65.6 cm³/mol. The average Bonchev–Trinajstić information content (AvgIpc) is 2.73. The summed E-state index contributed by atoms with van der Waals surface area (Å²) < 4.78 is 6.63. The van der Waals surface area contributed by atoms with Gasteiger partial charge in [0.15, 0.2) is 0 Å². The minimum Gasteiger partial charge on any atom is -0.468 e. The Kier molecular flexibility index (Phi) is 4.69. The lowest BCUT2D eigenvalue weighted by molar-refractivity contribution is -0.143. The first-order chi connectivity index (χ1) is 7.95. The zero-order valence-electron chi connectivity index (χ0n) is 11.1. The topological polar surface area (TPSA) is 56.1 Å². The Labute approximate surface area is 102 Å². The number of nitrogens with zero attached hydrogens (tertiary/aromatic N) is 2. The van der Waals surface area contributed by atoms with Crippen molar-refractivity contribution in [3.63, 3.8) is 0 Å². The summed E-state index contributed by atoms with van der Waals surface area (Å²) in [5, 5.41) is 7.40. The number of hydrogen-bond donors (Lipinski definition) is 1. The minimum absolute atomic E-state index is 0.196. The van der Waals surface area contributed by atoms with E-state index in [4.69, 9.17) is 4.74 Å². The highest BCUT2D eigenvalue weighted by Gasteiger charge is 2.23. The molecule has 0 saturated carbocycles. The number of esters is 1. The van der Waals surface area contributed by atoms with Crippen LogP contribution in [0.25, 0.3) is 0 Å². The molecule has 1 unspecified atom stereocenters. The molecule has 96 valence electrons. The van der Waals surface area contributed by atoms with Gasteiger partial charge in [0.05, 0.1) is 13.3 Å². The van der Waals surface area contributed by atoms with Gasteiger partial charge in [-0.05, 0) is 27.7 Å². The molecule has 0 saturated heterocycles. The molecule has 0 amide bonds. The molecule has 0 bridgehead atoms. The van der Waals surface area contributed by atoms with Gasteiger partial charge in [-0.25, -0.2) is 4.79 Å². The number of rotatable bonds is 5. The summed E-state index contributed by atoms with van der Waals surface area (Å²) in [6.07, 6.45) is 3.58. The van der Waals surface area contributed by atoms with Crippen molar-refractivity contribution in [2.24, 2.45) is 0 Å². The molecule has 0 fully saturated rings. The molecule has 1 aromatic rings. The quantitative estimate of drug-likeness (QED) is 0.794. The monoisotopic (exact) mass is 239 g/mol. The molecule has 0 aliphatic heterocycles. The van der Waals surface area contributed by atoms with Crippen LogP contribution in [0.5, 0.6) is 0 Å². The van der Waals surface area contributed by atoms with Gasteiger partial charge in [0.25, 0.3) is 0 Å². The smallest absolute Gasteiger partial charge is 0.327 e. The summed E-state index contributed by atoms with van der Waals surface area (Å²) in [5.41, 5.74) is 0.833. The number of nitrogens with one attached hydrogen (secondary N) is 1. The number of aromatic nitrogens is 2. The van der Waals surface area contributed by atoms with Crippen molar-refractivity contribution in [2.75, 3.05) is 7.11 Å². The molecule has 1 atom stereocenters. The second kappa shape index (κ2) is 5.82. The summed E-state index contributed by atoms with van der Waals surface area (Å²) in [4.78, 5) is 11.7. The van der Waals surface area contributed by atoms with Crippen molar-refractivity contribution in [1.82, 2.24) is 15.1 Å². The second-order valence-corrected chi connectivity index (χ2v) is 4.62. The first kappa shape index (κ1) is 13.7. The van der Waals surface area contributed by atoms with Gasteiger partial charge >= 0.3 is 5.97 Å². The summed E-state index contributed by atoms with van der Waals surface area (Å²) in [6.45, 7) is 8.06. The Morgan fingerprint density at radius 3 is 2.47 bits per heavy atom. The van der Waals surface area contributed by atoms with Crippen molar-refractivity contribution in [1.29, 1.82) is 0 Å². The van der Waals surface area contributed by atoms with E-state index in [0.717, 1.165) is 5.56 Å². The largest absolute Gasteiger partial charge is 0.468 e. The normalized spacial score (nSPS) is 13.1. The van der Waals surface area contributed by atoms with Crippen LogP contribution >= 0.6 is 0 Å². The van der Waals surface area contributed by atoms with Gasteiger partial charge in [0, 0.05) is 23.8 Å². The number of ether oxygens (including phenoxy) is 1. The third-order valence-electron chi connectivity index (χ3n) is 2.42. The fourth-order valence-electron chi connectivity index (χ4n) is 1.54. The first-order valence-electron chi connectivity index (χ1n) is 5.83. The highest BCUT2D eigenvalue weighted by Crippen LogP contribution is 2.16. The third-order valence-corrected chi connectivity index (χ3v) is 2.42. The molecule has 0 aliphatic rings. The molecule has 5 heteroatoms. The second-order valence-electron chi connectivity index (χ2n) is 4.62. The van der Waals surface area contributed by atoms with E-state index in [1.54, 1.807) is 6.20 Å². The van der Waals surface area contributed by atoms with Crippen LogP contribution in [0.15, 0.2) is 12.4 Å². The summed E-state index contributed by atoms with van der Waals surface area (Å²) in [5.74, 6) is -0.290. The molecule has 1 heterocycles. The molecule has 0 spiro atoms. The third kappa shape index (κ3) is 3.56. The minimum atomic E-state index is -0.451. The molecule has 0 aromatic carbocycles. The molecule has 0 radical (unpaired) electrons. The molecule has 1 rings (SSSR count). The summed E-state index contributed by atoms with van der Waals surface area (Å²) in [7, 11) is 1.39. The van der Waals surface area contributed by atoms with Crippen LogP contribution in [0.1, 0.15) is 45.3 Å². The number of hydrogen-bond acceptors (Lipinski definition) is 4. The zero-order chi connectivity index (χ0) is 13.0. The van der Waals surface area contributed by atoms with Crippen molar-refractivity contribution >= 4 is 5.97 Å². The standard InChI is InChI=1S/C12H21N3O2/c1-8(2)14-11(12(16)17-5)10-6-13-15(7-10)9(3)4/h6-9,11,14H,1-5H3. The van der Waals surface area contributed by atoms with Gasteiger partial charge < -0.3 is 4.74 Å². The van der Waals surface area contributed by atoms with E-state index < -0.39 is 6.04 Å². The van der Waals surface area contributed by atoms with Gasteiger partial charge in [0.1, 0.15) is 6.04 Å². The molecule has 5 nitrogen and oxygen atoms in total. The van der Waals surface area contributed by atoms with Crippen LogP contribution in [0, 0.1) is 0 Å². The van der Waals surface area contributed by atoms with E-state index in [1.807, 2.05) is 38.6 Å². The van der Waals surface area contributed by atoms with E-state index >= 15 is 0 Å². The molecular weight excluding hydrogens is 218 g/mol. The number of carbonyl (C=O) groups is 1. The van der Waals surface area contributed by atoms with E-state index in [2.05, 4.69) is 10.4 Å². The number of methoxy groups -OCH3 is 1. The molecule has 1 aromatic heterocycles. The molecule has 1 N–H and O–H groups in total. The lowest BCUT2D eigenvalue weighted by atomic mass is 10.1. The van der Waals surface area contributed by atoms with Crippen LogP contribution in [-0.2, 0) is 9.53 Å². The Morgan fingerprint density at radius 1 is 1.41 bits per heavy atom. The Balaban J connectivity index is 2.91. The maximum absolute atomic E-state index is 11.7. The van der Waals surface area contributed by atoms with Crippen molar-refractivity contribution in [3.8, 4) is 0 Å². The maximum atomic E-state index is 11.7. The van der Waals surface area contributed by atoms with Gasteiger partial charge in [-0.2, -0.15) is 5.10 Å². The van der Waals surface area contributed by atoms with Crippen LogP contribution < -0.4 is 5.32 Å². The van der Waals surface area contributed by atoms with Gasteiger partial charge in [-0.3, -0.25) is 10.00 Å². The fraction of sp³-hybridized carbons (Fsp3) is 0.667. The number of carbonyl (C=O) groups excluding carboxylic acids is 1. The SMILES string of the molecule is COC(=O)C(NC(C)C)c1cnn(C(C)C)c1. The van der Waals surface area contributed by atoms with Crippen LogP contribution in [-0.4, -0.2) is 28.9 Å². The Morgan fingerprint density at radius 2 is 2.06 bits per heavy atom. The van der Waals surface area contributed by atoms with Crippen molar-refractivity contribution in [2.45, 2.75) is 45.8 Å². The van der Waals surface area contributed by atoms with E-state index in [0.29, 0.717) is 0 Å². The van der Waals surface area contributed by atoms with E-state index in [-0.39, 0.29) is 18.1 Å². The average molecular weight is 239 g/mol.